The number of amides is 3. The topological polar surface area (TPSA) is 170 Å². The second-order valence-electron chi connectivity index (χ2n) is 8.62. The molecule has 3 amide bonds. The maximum atomic E-state index is 11.9. The number of hydrogen-bond acceptors (Lipinski definition) is 13. The van der Waals surface area contributed by atoms with Gasteiger partial charge in [-0.1, -0.05) is 56.0 Å². The van der Waals surface area contributed by atoms with E-state index in [1.54, 1.807) is 21.6 Å². The summed E-state index contributed by atoms with van der Waals surface area (Å²) in [6, 6.07) is 0. The number of esters is 1. The van der Waals surface area contributed by atoms with Crippen molar-refractivity contribution in [2.45, 2.75) is 80.1 Å². The van der Waals surface area contributed by atoms with Gasteiger partial charge in [-0.05, 0) is 38.5 Å². The first-order chi connectivity index (χ1) is 18.5. The lowest BCUT2D eigenvalue weighted by atomic mass is 10.1. The number of carbonyl (C=O) groups is 4. The van der Waals surface area contributed by atoms with Gasteiger partial charge in [0.05, 0.1) is 11.9 Å². The summed E-state index contributed by atoms with van der Waals surface area (Å²) < 4.78 is 14.7. The molecule has 2 aliphatic rings. The summed E-state index contributed by atoms with van der Waals surface area (Å²) in [6.07, 6.45) is 7.27. The summed E-state index contributed by atoms with van der Waals surface area (Å²) in [6.45, 7) is 0.363. The Morgan fingerprint density at radius 3 is 2.32 bits per heavy atom. The Morgan fingerprint density at radius 2 is 1.55 bits per heavy atom. The van der Waals surface area contributed by atoms with Gasteiger partial charge in [-0.2, -0.15) is 0 Å². The number of nitrogens with two attached hydrogens (primary N) is 1. The van der Waals surface area contributed by atoms with Crippen LogP contribution in [-0.4, -0.2) is 72.1 Å². The van der Waals surface area contributed by atoms with Crippen LogP contribution in [-0.2, 0) is 23.8 Å². The first-order valence-electron chi connectivity index (χ1n) is 12.8. The van der Waals surface area contributed by atoms with Crippen molar-refractivity contribution >= 4 is 67.2 Å². The fraction of sp³-hybridized carbons (Fsp3) is 0.818. The molecule has 6 N–H and O–H groups in total. The van der Waals surface area contributed by atoms with Gasteiger partial charge >= 0.3 is 18.2 Å². The summed E-state index contributed by atoms with van der Waals surface area (Å²) in [5.74, 6) is 5.77. The second-order valence-corrected chi connectivity index (χ2v) is 14.2. The van der Waals surface area contributed by atoms with Crippen LogP contribution in [0.25, 0.3) is 0 Å². The highest BCUT2D eigenvalue weighted by atomic mass is 33.1. The van der Waals surface area contributed by atoms with Crippen molar-refractivity contribution in [1.29, 1.82) is 0 Å². The van der Waals surface area contributed by atoms with E-state index in [1.807, 2.05) is 27.0 Å². The number of carbonyl (C=O) groups excluding carboxylic acids is 4. The molecule has 0 aliphatic carbocycles. The molecule has 0 bridgehead atoms. The summed E-state index contributed by atoms with van der Waals surface area (Å²) in [5.41, 5.74) is 7.34. The lowest BCUT2D eigenvalue weighted by molar-refractivity contribution is -0.144. The average molecular weight is 614 g/mol. The van der Waals surface area contributed by atoms with E-state index in [0.717, 1.165) is 37.4 Å². The predicted molar refractivity (Wildman–Crippen MR) is 153 cm³/mol. The fourth-order valence-corrected chi connectivity index (χ4v) is 9.75. The zero-order chi connectivity index (χ0) is 27.4. The maximum Gasteiger partial charge on any atom is 0.421 e. The molecular weight excluding hydrogens is 575 g/mol. The summed E-state index contributed by atoms with van der Waals surface area (Å²) in [5, 5.41) is 4.01. The van der Waals surface area contributed by atoms with Crippen LogP contribution >= 0.6 is 43.2 Å². The van der Waals surface area contributed by atoms with Gasteiger partial charge in [0.25, 0.3) is 0 Å². The number of unbranched alkanes of at least 4 members (excludes halogenated alkanes) is 2. The molecule has 2 heterocycles. The normalized spacial score (nSPS) is 20.5. The van der Waals surface area contributed by atoms with Crippen LogP contribution in [0.4, 0.5) is 9.59 Å². The fourth-order valence-electron chi connectivity index (χ4n) is 3.58. The van der Waals surface area contributed by atoms with E-state index in [4.69, 9.17) is 15.3 Å². The highest BCUT2D eigenvalue weighted by molar-refractivity contribution is 8.77. The van der Waals surface area contributed by atoms with Gasteiger partial charge in [-0.3, -0.25) is 20.4 Å². The highest BCUT2D eigenvalue weighted by Gasteiger charge is 2.26. The van der Waals surface area contributed by atoms with E-state index in [-0.39, 0.29) is 37.1 Å². The molecule has 12 nitrogen and oxygen atoms in total. The molecule has 3 atom stereocenters. The van der Waals surface area contributed by atoms with E-state index in [2.05, 4.69) is 20.9 Å². The monoisotopic (exact) mass is 613 g/mol. The molecule has 0 aromatic rings. The number of hydrazine groups is 2. The van der Waals surface area contributed by atoms with Crippen molar-refractivity contribution in [2.24, 2.45) is 5.84 Å². The molecule has 0 saturated carbocycles. The standard InChI is InChI=1S/C22H39N5O7S4/c23-25-21(30)34-13-12-32-20(29)8-4-2-6-17-15-19(38-37-17)26-27-22(31)33-11-10-24-18(28)7-3-1-5-16-9-14-35-36-16/h16-17,19,26H,1-15,23H2,(H,24,28)(H,25,30)(H,27,31). The number of nitrogens with one attached hydrogen (secondary N) is 4. The molecule has 16 heteroatoms. The van der Waals surface area contributed by atoms with E-state index < -0.39 is 12.2 Å². The Hall–Kier alpha value is -1.20. The second kappa shape index (κ2) is 20.7. The van der Waals surface area contributed by atoms with Crippen molar-refractivity contribution in [3.63, 3.8) is 0 Å². The third kappa shape index (κ3) is 16.0. The lowest BCUT2D eigenvalue weighted by Crippen LogP contribution is -2.43. The maximum absolute atomic E-state index is 11.9. The molecule has 38 heavy (non-hydrogen) atoms. The van der Waals surface area contributed by atoms with Crippen LogP contribution in [0, 0.1) is 0 Å². The van der Waals surface area contributed by atoms with E-state index in [1.165, 1.54) is 18.6 Å². The van der Waals surface area contributed by atoms with Crippen LogP contribution < -0.4 is 27.4 Å². The molecule has 0 aromatic carbocycles. The molecule has 3 unspecified atom stereocenters. The quantitative estimate of drug-likeness (QED) is 0.0291. The summed E-state index contributed by atoms with van der Waals surface area (Å²) in [4.78, 5) is 46.2. The average Bonchev–Trinajstić information content (AvgIpc) is 3.60. The molecule has 2 saturated heterocycles. The van der Waals surface area contributed by atoms with Crippen LogP contribution in [0.5, 0.6) is 0 Å². The number of ether oxygens (including phenoxy) is 3. The van der Waals surface area contributed by atoms with E-state index in [9.17, 15) is 19.2 Å². The Labute approximate surface area is 239 Å². The minimum atomic E-state index is -0.776. The van der Waals surface area contributed by atoms with Crippen molar-refractivity contribution in [2.75, 3.05) is 32.1 Å². The number of hydrogen-bond donors (Lipinski definition) is 5. The SMILES string of the molecule is NNC(=O)OCCOC(=O)CCCCC1CC(NNC(=O)OCCNC(=O)CCCCC2CCSS2)SS1. The van der Waals surface area contributed by atoms with Crippen LogP contribution in [0.1, 0.15) is 64.2 Å². The summed E-state index contributed by atoms with van der Waals surface area (Å²) in [7, 11) is 7.31. The summed E-state index contributed by atoms with van der Waals surface area (Å²) >= 11 is 0. The largest absolute Gasteiger partial charge is 0.462 e. The minimum Gasteiger partial charge on any atom is -0.462 e. The first kappa shape index (κ1) is 33.0. The third-order valence-electron chi connectivity index (χ3n) is 5.54. The van der Waals surface area contributed by atoms with Crippen molar-refractivity contribution in [1.82, 2.24) is 21.6 Å². The van der Waals surface area contributed by atoms with Gasteiger partial charge in [-0.25, -0.2) is 20.9 Å². The van der Waals surface area contributed by atoms with Gasteiger partial charge in [-0.15, -0.1) is 0 Å². The zero-order valence-corrected chi connectivity index (χ0v) is 24.7. The van der Waals surface area contributed by atoms with Crippen LogP contribution in [0.3, 0.4) is 0 Å². The van der Waals surface area contributed by atoms with Crippen molar-refractivity contribution in [3.05, 3.63) is 0 Å². The molecule has 2 rings (SSSR count). The van der Waals surface area contributed by atoms with Gasteiger partial charge in [0.2, 0.25) is 5.91 Å². The third-order valence-corrected chi connectivity index (χ3v) is 11.7. The van der Waals surface area contributed by atoms with Crippen LogP contribution in [0.15, 0.2) is 0 Å². The molecule has 0 spiro atoms. The molecule has 2 aliphatic heterocycles. The molecule has 2 fully saturated rings. The lowest BCUT2D eigenvalue weighted by Gasteiger charge is -2.13. The first-order valence-corrected chi connectivity index (χ1v) is 17.5. The van der Waals surface area contributed by atoms with Gasteiger partial charge in [0.1, 0.15) is 19.8 Å². The van der Waals surface area contributed by atoms with Gasteiger partial charge < -0.3 is 19.5 Å². The van der Waals surface area contributed by atoms with E-state index in [0.29, 0.717) is 31.1 Å². The van der Waals surface area contributed by atoms with Gasteiger partial charge in [0, 0.05) is 29.1 Å². The Bertz CT molecular complexity index is 734. The molecule has 0 radical (unpaired) electrons. The Kier molecular flexibility index (Phi) is 18.0. The predicted octanol–water partition coefficient (Wildman–Crippen LogP) is 3.23. The Balaban J connectivity index is 1.38. The molecule has 218 valence electrons. The zero-order valence-electron chi connectivity index (χ0n) is 21.4. The molecular formula is C22H39N5O7S4. The number of rotatable bonds is 18. The van der Waals surface area contributed by atoms with E-state index >= 15 is 0 Å². The minimum absolute atomic E-state index is 0.00200. The molecule has 0 aromatic heterocycles. The Morgan fingerprint density at radius 1 is 0.816 bits per heavy atom. The van der Waals surface area contributed by atoms with Crippen molar-refractivity contribution < 1.29 is 33.4 Å². The van der Waals surface area contributed by atoms with Crippen LogP contribution in [0.2, 0.25) is 0 Å². The highest BCUT2D eigenvalue weighted by Crippen LogP contribution is 2.44. The smallest absolute Gasteiger partial charge is 0.421 e. The van der Waals surface area contributed by atoms with Gasteiger partial charge in [0.15, 0.2) is 0 Å². The van der Waals surface area contributed by atoms with Crippen molar-refractivity contribution in [3.8, 4) is 0 Å².